The number of hydrogen-bond donors (Lipinski definition) is 2. The number of fused-ring (bicyclic) bond motifs is 1. The standard InChI is InChI=1S/C25H30N4O4/c1-25(2,3)33-24(32)29-13-18-19(14-29)21(18)28-22(30)16-11-17(10-15-8-6-5-7-9-15)27-20(12-16)23(31)26-4/h5-9,11-12,18-19,21H,10,13-14H2,1-4H3,(H,26,31)(H,28,30)/t18-,19+,21+. The second-order valence-corrected chi connectivity index (χ2v) is 9.69. The van der Waals surface area contributed by atoms with E-state index >= 15 is 0 Å². The maximum absolute atomic E-state index is 13.0. The maximum atomic E-state index is 13.0. The van der Waals surface area contributed by atoms with Gasteiger partial charge in [0.05, 0.1) is 0 Å². The number of carbonyl (C=O) groups is 3. The summed E-state index contributed by atoms with van der Waals surface area (Å²) in [6.45, 7) is 6.68. The van der Waals surface area contributed by atoms with Gasteiger partial charge in [-0.15, -0.1) is 0 Å². The van der Waals surface area contributed by atoms with Crippen molar-refractivity contribution < 1.29 is 19.1 Å². The lowest BCUT2D eigenvalue weighted by Gasteiger charge is -2.26. The molecular formula is C25H30N4O4. The summed E-state index contributed by atoms with van der Waals surface area (Å²) in [5, 5.41) is 5.65. The Hall–Kier alpha value is -3.42. The van der Waals surface area contributed by atoms with Crippen molar-refractivity contribution in [3.05, 3.63) is 65.0 Å². The number of rotatable bonds is 5. The van der Waals surface area contributed by atoms with Gasteiger partial charge in [0.1, 0.15) is 11.3 Å². The third kappa shape index (κ3) is 5.32. The molecule has 1 saturated heterocycles. The molecule has 3 amide bonds. The molecule has 2 heterocycles. The highest BCUT2D eigenvalue weighted by atomic mass is 16.6. The van der Waals surface area contributed by atoms with Crippen LogP contribution in [0.1, 0.15) is 52.9 Å². The van der Waals surface area contributed by atoms with Gasteiger partial charge < -0.3 is 20.3 Å². The first kappa shape index (κ1) is 22.8. The predicted molar refractivity (Wildman–Crippen MR) is 123 cm³/mol. The smallest absolute Gasteiger partial charge is 0.410 e. The highest BCUT2D eigenvalue weighted by molar-refractivity contribution is 5.99. The Balaban J connectivity index is 1.42. The van der Waals surface area contributed by atoms with E-state index in [-0.39, 0.29) is 41.5 Å². The van der Waals surface area contributed by atoms with E-state index in [9.17, 15) is 14.4 Å². The number of nitrogens with one attached hydrogen (secondary N) is 2. The van der Waals surface area contributed by atoms with Crippen molar-refractivity contribution in [3.63, 3.8) is 0 Å². The summed E-state index contributed by atoms with van der Waals surface area (Å²) in [6, 6.07) is 13.1. The van der Waals surface area contributed by atoms with Crippen molar-refractivity contribution in [3.8, 4) is 0 Å². The molecule has 4 rings (SSSR count). The average Bonchev–Trinajstić information content (AvgIpc) is 3.19. The van der Waals surface area contributed by atoms with Crippen LogP contribution in [-0.4, -0.2) is 59.6 Å². The zero-order valence-corrected chi connectivity index (χ0v) is 19.4. The van der Waals surface area contributed by atoms with Crippen LogP contribution < -0.4 is 10.6 Å². The minimum Gasteiger partial charge on any atom is -0.444 e. The van der Waals surface area contributed by atoms with E-state index in [0.29, 0.717) is 30.8 Å². The molecule has 1 aliphatic heterocycles. The van der Waals surface area contributed by atoms with E-state index < -0.39 is 5.60 Å². The molecule has 0 spiro atoms. The number of carbonyl (C=O) groups excluding carboxylic acids is 3. The van der Waals surface area contributed by atoms with Crippen LogP contribution in [0.25, 0.3) is 0 Å². The highest BCUT2D eigenvalue weighted by Gasteiger charge is 2.58. The number of aromatic nitrogens is 1. The lowest BCUT2D eigenvalue weighted by molar-refractivity contribution is 0.0269. The van der Waals surface area contributed by atoms with Gasteiger partial charge in [-0.1, -0.05) is 30.3 Å². The van der Waals surface area contributed by atoms with Crippen molar-refractivity contribution >= 4 is 17.9 Å². The molecule has 2 fully saturated rings. The van der Waals surface area contributed by atoms with Gasteiger partial charge in [-0.3, -0.25) is 9.59 Å². The molecule has 2 aliphatic rings. The maximum Gasteiger partial charge on any atom is 0.410 e. The van der Waals surface area contributed by atoms with Crippen LogP contribution >= 0.6 is 0 Å². The summed E-state index contributed by atoms with van der Waals surface area (Å²) < 4.78 is 5.44. The number of piperidine rings is 1. The largest absolute Gasteiger partial charge is 0.444 e. The zero-order chi connectivity index (χ0) is 23.8. The fourth-order valence-corrected chi connectivity index (χ4v) is 4.31. The van der Waals surface area contributed by atoms with Gasteiger partial charge in [-0.2, -0.15) is 0 Å². The Morgan fingerprint density at radius 2 is 1.73 bits per heavy atom. The first-order chi connectivity index (χ1) is 15.6. The zero-order valence-electron chi connectivity index (χ0n) is 19.4. The summed E-state index contributed by atoms with van der Waals surface area (Å²) in [4.78, 5) is 43.7. The third-order valence-electron chi connectivity index (χ3n) is 5.97. The average molecular weight is 451 g/mol. The number of hydrogen-bond acceptors (Lipinski definition) is 5. The second kappa shape index (κ2) is 8.84. The van der Waals surface area contributed by atoms with Gasteiger partial charge in [-0.25, -0.2) is 9.78 Å². The summed E-state index contributed by atoms with van der Waals surface area (Å²) in [7, 11) is 1.54. The molecule has 0 bridgehead atoms. The van der Waals surface area contributed by atoms with Crippen LogP contribution in [-0.2, 0) is 11.2 Å². The van der Waals surface area contributed by atoms with Crippen molar-refractivity contribution in [1.29, 1.82) is 0 Å². The molecule has 33 heavy (non-hydrogen) atoms. The fraction of sp³-hybridized carbons (Fsp3) is 0.440. The third-order valence-corrected chi connectivity index (χ3v) is 5.97. The van der Waals surface area contributed by atoms with Gasteiger partial charge in [0.25, 0.3) is 11.8 Å². The lowest BCUT2D eigenvalue weighted by atomic mass is 10.1. The number of benzene rings is 1. The molecule has 8 nitrogen and oxygen atoms in total. The minimum atomic E-state index is -0.529. The molecule has 0 radical (unpaired) electrons. The number of likely N-dealkylation sites (tertiary alicyclic amines) is 1. The molecule has 0 unspecified atom stereocenters. The molecule has 2 N–H and O–H groups in total. The van der Waals surface area contributed by atoms with Crippen molar-refractivity contribution in [2.75, 3.05) is 20.1 Å². The summed E-state index contributed by atoms with van der Waals surface area (Å²) in [5.74, 6) is -0.119. The number of pyridine rings is 1. The molecule has 174 valence electrons. The molecule has 1 aromatic carbocycles. The van der Waals surface area contributed by atoms with Crippen LogP contribution in [0.15, 0.2) is 42.5 Å². The van der Waals surface area contributed by atoms with Crippen molar-refractivity contribution in [2.45, 2.75) is 38.8 Å². The lowest BCUT2D eigenvalue weighted by Crippen LogP contribution is -2.40. The quantitative estimate of drug-likeness (QED) is 0.729. The second-order valence-electron chi connectivity index (χ2n) is 9.69. The van der Waals surface area contributed by atoms with Crippen LogP contribution in [0, 0.1) is 11.8 Å². The van der Waals surface area contributed by atoms with Gasteiger partial charge in [0, 0.05) is 55.7 Å². The normalized spacial score (nSPS) is 21.2. The Labute approximate surface area is 193 Å². The Morgan fingerprint density at radius 1 is 1.06 bits per heavy atom. The van der Waals surface area contributed by atoms with Crippen LogP contribution in [0.4, 0.5) is 4.79 Å². The molecule has 1 saturated carbocycles. The van der Waals surface area contributed by atoms with Crippen molar-refractivity contribution in [2.24, 2.45) is 11.8 Å². The summed E-state index contributed by atoms with van der Waals surface area (Å²) in [6.07, 6.45) is 0.209. The Bertz CT molecular complexity index is 1050. The summed E-state index contributed by atoms with van der Waals surface area (Å²) in [5.41, 5.74) is 1.79. The first-order valence-electron chi connectivity index (χ1n) is 11.2. The predicted octanol–water partition coefficient (Wildman–Crippen LogP) is 2.63. The monoisotopic (exact) mass is 450 g/mol. The van der Waals surface area contributed by atoms with Crippen LogP contribution in [0.5, 0.6) is 0 Å². The fourth-order valence-electron chi connectivity index (χ4n) is 4.31. The first-order valence-corrected chi connectivity index (χ1v) is 11.2. The van der Waals surface area contributed by atoms with E-state index in [2.05, 4.69) is 15.6 Å². The number of nitrogens with zero attached hydrogens (tertiary/aromatic N) is 2. The van der Waals surface area contributed by atoms with Gasteiger partial charge >= 0.3 is 6.09 Å². The van der Waals surface area contributed by atoms with Gasteiger partial charge in [-0.05, 0) is 38.5 Å². The topological polar surface area (TPSA) is 101 Å². The van der Waals surface area contributed by atoms with Gasteiger partial charge in [0.15, 0.2) is 0 Å². The molecular weight excluding hydrogens is 420 g/mol. The van der Waals surface area contributed by atoms with Crippen molar-refractivity contribution in [1.82, 2.24) is 20.5 Å². The van der Waals surface area contributed by atoms with E-state index in [1.54, 1.807) is 11.0 Å². The molecule has 8 heteroatoms. The van der Waals surface area contributed by atoms with E-state index in [1.165, 1.54) is 13.1 Å². The molecule has 3 atom stereocenters. The van der Waals surface area contributed by atoms with E-state index in [1.807, 2.05) is 51.1 Å². The van der Waals surface area contributed by atoms with Crippen LogP contribution in [0.2, 0.25) is 0 Å². The molecule has 1 aromatic heterocycles. The molecule has 1 aliphatic carbocycles. The summed E-state index contributed by atoms with van der Waals surface area (Å²) >= 11 is 0. The van der Waals surface area contributed by atoms with E-state index in [0.717, 1.165) is 5.56 Å². The Morgan fingerprint density at radius 3 is 2.33 bits per heavy atom. The number of ether oxygens (including phenoxy) is 1. The van der Waals surface area contributed by atoms with Gasteiger partial charge in [0.2, 0.25) is 0 Å². The van der Waals surface area contributed by atoms with E-state index in [4.69, 9.17) is 4.74 Å². The van der Waals surface area contributed by atoms with Crippen LogP contribution in [0.3, 0.4) is 0 Å². The Kier molecular flexibility index (Phi) is 6.10. The molecule has 2 aromatic rings. The highest BCUT2D eigenvalue weighted by Crippen LogP contribution is 2.45. The minimum absolute atomic E-state index is 0.0189. The number of amides is 3. The SMILES string of the molecule is CNC(=O)c1cc(C(=O)N[C@H]2[C@@H]3CN(C(=O)OC(C)(C)C)C[C@@H]32)cc(Cc2ccccc2)n1.